The monoisotopic (exact) mass is 401 g/mol. The Bertz CT molecular complexity index is 1130. The average Bonchev–Trinajstić information content (AvgIpc) is 3.15. The molecule has 4 rings (SSSR count). The van der Waals surface area contributed by atoms with Gasteiger partial charge in [0.15, 0.2) is 0 Å². The number of nitrogens with zero attached hydrogens (tertiary/aromatic N) is 2. The number of aromatic nitrogens is 1. The molecule has 0 saturated carbocycles. The molecule has 3 aromatic carbocycles. The maximum Gasteiger partial charge on any atom is 0.231 e. The van der Waals surface area contributed by atoms with Gasteiger partial charge in [-0.1, -0.05) is 48.0 Å². The molecular weight excluding hydrogens is 378 g/mol. The fourth-order valence-corrected chi connectivity index (χ4v) is 4.01. The van der Waals surface area contributed by atoms with Crippen LogP contribution in [0.3, 0.4) is 0 Å². The van der Waals surface area contributed by atoms with E-state index in [9.17, 15) is 4.79 Å². The van der Waals surface area contributed by atoms with Crippen molar-refractivity contribution >= 4 is 39.4 Å². The van der Waals surface area contributed by atoms with Crippen molar-refractivity contribution in [2.75, 3.05) is 17.3 Å². The molecule has 1 amide bonds. The minimum atomic E-state index is -0.0439. The summed E-state index contributed by atoms with van der Waals surface area (Å²) in [5.74, 6) is -0.0439. The Hall–Kier alpha value is -3.18. The maximum atomic E-state index is 12.3. The number of thiazole rings is 1. The minimum absolute atomic E-state index is 0.0439. The van der Waals surface area contributed by atoms with E-state index in [1.807, 2.05) is 36.6 Å². The lowest BCUT2D eigenvalue weighted by Crippen LogP contribution is -2.17. The highest BCUT2D eigenvalue weighted by atomic mass is 32.1. The van der Waals surface area contributed by atoms with E-state index >= 15 is 0 Å². The summed E-state index contributed by atoms with van der Waals surface area (Å²) in [6, 6.07) is 22.6. The Kier molecular flexibility index (Phi) is 5.58. The molecule has 1 heterocycles. The normalized spacial score (nSPS) is 10.8. The summed E-state index contributed by atoms with van der Waals surface area (Å²) >= 11 is 1.53. The second-order valence-electron chi connectivity index (χ2n) is 7.21. The minimum Gasteiger partial charge on any atom is -0.369 e. The van der Waals surface area contributed by atoms with Gasteiger partial charge in [0.2, 0.25) is 5.91 Å². The first-order valence-corrected chi connectivity index (χ1v) is 10.4. The number of hydrogen-bond acceptors (Lipinski definition) is 4. The number of anilines is 2. The molecule has 0 unspecified atom stereocenters. The van der Waals surface area contributed by atoms with Crippen LogP contribution in [0, 0.1) is 6.92 Å². The molecule has 0 aliphatic carbocycles. The third-order valence-corrected chi connectivity index (χ3v) is 5.72. The summed E-state index contributed by atoms with van der Waals surface area (Å²) < 4.78 is 0. The van der Waals surface area contributed by atoms with Gasteiger partial charge in [0, 0.05) is 23.8 Å². The Morgan fingerprint density at radius 2 is 1.79 bits per heavy atom. The number of aryl methyl sites for hydroxylation is 1. The number of amides is 1. The van der Waals surface area contributed by atoms with E-state index < -0.39 is 0 Å². The maximum absolute atomic E-state index is 12.3. The first-order valence-electron chi connectivity index (χ1n) is 9.56. The van der Waals surface area contributed by atoms with Crippen molar-refractivity contribution in [3.05, 3.63) is 88.4 Å². The van der Waals surface area contributed by atoms with Gasteiger partial charge in [-0.05, 0) is 42.0 Å². The summed E-state index contributed by atoms with van der Waals surface area (Å²) in [6.45, 7) is 2.73. The van der Waals surface area contributed by atoms with Crippen molar-refractivity contribution in [1.82, 2.24) is 4.98 Å². The molecule has 4 nitrogen and oxygen atoms in total. The van der Waals surface area contributed by atoms with Crippen LogP contribution < -0.4 is 10.2 Å². The van der Waals surface area contributed by atoms with E-state index in [1.54, 1.807) is 0 Å². The van der Waals surface area contributed by atoms with Crippen molar-refractivity contribution in [1.29, 1.82) is 0 Å². The fourth-order valence-electron chi connectivity index (χ4n) is 3.23. The Labute approximate surface area is 174 Å². The van der Waals surface area contributed by atoms with Crippen molar-refractivity contribution in [3.8, 4) is 0 Å². The molecule has 0 aliphatic heterocycles. The molecule has 146 valence electrons. The number of nitrogens with one attached hydrogen (secondary N) is 1. The Balaban J connectivity index is 1.37. The summed E-state index contributed by atoms with van der Waals surface area (Å²) in [7, 11) is 2.06. The number of hydrogen-bond donors (Lipinski definition) is 1. The molecule has 0 aliphatic rings. The molecule has 1 aromatic heterocycles. The second kappa shape index (κ2) is 8.45. The van der Waals surface area contributed by atoms with Gasteiger partial charge in [-0.3, -0.25) is 4.79 Å². The third kappa shape index (κ3) is 4.81. The summed E-state index contributed by atoms with van der Waals surface area (Å²) in [4.78, 5) is 19.1. The lowest BCUT2D eigenvalue weighted by molar-refractivity contribution is -0.115. The quantitative estimate of drug-likeness (QED) is 0.469. The predicted octanol–water partition coefficient (Wildman–Crippen LogP) is 5.42. The summed E-state index contributed by atoms with van der Waals surface area (Å²) in [5.41, 5.74) is 4.11. The van der Waals surface area contributed by atoms with E-state index in [2.05, 4.69) is 64.7 Å². The van der Waals surface area contributed by atoms with E-state index in [0.29, 0.717) is 6.54 Å². The van der Waals surface area contributed by atoms with Crippen molar-refractivity contribution in [2.45, 2.75) is 19.9 Å². The highest BCUT2D eigenvalue weighted by Crippen LogP contribution is 2.23. The SMILES string of the molecule is Cc1ccc(NC(=O)Cc2nc(CN(C)c3ccc4ccccc4c3)cs2)cc1. The van der Waals surface area contributed by atoms with Gasteiger partial charge in [0.1, 0.15) is 5.01 Å². The van der Waals surface area contributed by atoms with Crippen LogP contribution in [0.25, 0.3) is 10.8 Å². The molecule has 5 heteroatoms. The molecule has 0 atom stereocenters. The Morgan fingerprint density at radius 3 is 2.59 bits per heavy atom. The van der Waals surface area contributed by atoms with Gasteiger partial charge in [0.05, 0.1) is 18.7 Å². The van der Waals surface area contributed by atoms with Crippen LogP contribution in [-0.2, 0) is 17.8 Å². The number of carbonyl (C=O) groups excluding carboxylic acids is 1. The number of rotatable bonds is 6. The van der Waals surface area contributed by atoms with Crippen LogP contribution in [0.5, 0.6) is 0 Å². The van der Waals surface area contributed by atoms with Crippen LogP contribution in [-0.4, -0.2) is 17.9 Å². The van der Waals surface area contributed by atoms with E-state index in [0.717, 1.165) is 22.1 Å². The number of carbonyl (C=O) groups is 1. The smallest absolute Gasteiger partial charge is 0.231 e. The van der Waals surface area contributed by atoms with Gasteiger partial charge < -0.3 is 10.2 Å². The standard InChI is InChI=1S/C24H23N3OS/c1-17-7-10-20(11-8-17)25-23(28)14-24-26-21(16-29-24)15-27(2)22-12-9-18-5-3-4-6-19(18)13-22/h3-13,16H,14-15H2,1-2H3,(H,25,28). The second-order valence-corrected chi connectivity index (χ2v) is 8.15. The molecule has 0 bridgehead atoms. The first kappa shape index (κ1) is 19.2. The van der Waals surface area contributed by atoms with Crippen LogP contribution in [0.2, 0.25) is 0 Å². The van der Waals surface area contributed by atoms with Crippen LogP contribution in [0.4, 0.5) is 11.4 Å². The zero-order chi connectivity index (χ0) is 20.2. The summed E-state index contributed by atoms with van der Waals surface area (Å²) in [6.07, 6.45) is 0.290. The largest absolute Gasteiger partial charge is 0.369 e. The van der Waals surface area contributed by atoms with E-state index in [1.165, 1.54) is 27.7 Å². The molecule has 0 radical (unpaired) electrons. The number of fused-ring (bicyclic) bond motifs is 1. The average molecular weight is 402 g/mol. The van der Waals surface area contributed by atoms with Gasteiger partial charge in [-0.25, -0.2) is 4.98 Å². The zero-order valence-electron chi connectivity index (χ0n) is 16.6. The van der Waals surface area contributed by atoms with Gasteiger partial charge in [-0.15, -0.1) is 11.3 Å². The van der Waals surface area contributed by atoms with E-state index in [-0.39, 0.29) is 12.3 Å². The van der Waals surface area contributed by atoms with Crippen molar-refractivity contribution in [3.63, 3.8) is 0 Å². The van der Waals surface area contributed by atoms with Crippen LogP contribution >= 0.6 is 11.3 Å². The first-order chi connectivity index (χ1) is 14.1. The molecule has 4 aromatic rings. The molecule has 0 saturated heterocycles. The third-order valence-electron chi connectivity index (χ3n) is 4.82. The van der Waals surface area contributed by atoms with Gasteiger partial charge >= 0.3 is 0 Å². The predicted molar refractivity (Wildman–Crippen MR) is 122 cm³/mol. The molecule has 29 heavy (non-hydrogen) atoms. The van der Waals surface area contributed by atoms with Crippen molar-refractivity contribution < 1.29 is 4.79 Å². The molecule has 0 fully saturated rings. The highest BCUT2D eigenvalue weighted by molar-refractivity contribution is 7.09. The highest BCUT2D eigenvalue weighted by Gasteiger charge is 2.11. The number of benzene rings is 3. The van der Waals surface area contributed by atoms with Gasteiger partial charge in [-0.2, -0.15) is 0 Å². The molecule has 1 N–H and O–H groups in total. The fraction of sp³-hybridized carbons (Fsp3) is 0.167. The van der Waals surface area contributed by atoms with Crippen molar-refractivity contribution in [2.24, 2.45) is 0 Å². The lowest BCUT2D eigenvalue weighted by Gasteiger charge is -2.18. The lowest BCUT2D eigenvalue weighted by atomic mass is 10.1. The van der Waals surface area contributed by atoms with Gasteiger partial charge in [0.25, 0.3) is 0 Å². The molecule has 0 spiro atoms. The topological polar surface area (TPSA) is 45.2 Å². The summed E-state index contributed by atoms with van der Waals surface area (Å²) in [5, 5.41) is 8.25. The Morgan fingerprint density at radius 1 is 1.03 bits per heavy atom. The zero-order valence-corrected chi connectivity index (χ0v) is 17.4. The molecular formula is C24H23N3OS. The van der Waals surface area contributed by atoms with Crippen LogP contribution in [0.15, 0.2) is 72.1 Å². The van der Waals surface area contributed by atoms with E-state index in [4.69, 9.17) is 0 Å². The van der Waals surface area contributed by atoms with Crippen LogP contribution in [0.1, 0.15) is 16.3 Å².